The van der Waals surface area contributed by atoms with Crippen molar-refractivity contribution < 1.29 is 9.90 Å². The van der Waals surface area contributed by atoms with Crippen LogP contribution < -0.4 is 4.90 Å². The maximum absolute atomic E-state index is 13.1. The highest BCUT2D eigenvalue weighted by Crippen LogP contribution is 2.44. The van der Waals surface area contributed by atoms with Crippen molar-refractivity contribution in [1.82, 2.24) is 14.9 Å². The summed E-state index contributed by atoms with van der Waals surface area (Å²) in [5.41, 5.74) is 3.65. The maximum Gasteiger partial charge on any atom is 0.199 e. The molecule has 3 aromatic rings. The van der Waals surface area contributed by atoms with Gasteiger partial charge in [0.1, 0.15) is 11.6 Å². The van der Waals surface area contributed by atoms with Crippen molar-refractivity contribution in [2.45, 2.75) is 0 Å². The molecule has 0 radical (unpaired) electrons. The number of pyridine rings is 2. The second kappa shape index (κ2) is 6.07. The largest absolute Gasteiger partial charge is 0.508 e. The summed E-state index contributed by atoms with van der Waals surface area (Å²) >= 11 is 0. The van der Waals surface area contributed by atoms with Crippen LogP contribution >= 0.6 is 0 Å². The van der Waals surface area contributed by atoms with Crippen LogP contribution in [0.1, 0.15) is 15.9 Å². The summed E-state index contributed by atoms with van der Waals surface area (Å²) in [4.78, 5) is 26.0. The van der Waals surface area contributed by atoms with Crippen molar-refractivity contribution in [1.29, 1.82) is 0 Å². The molecule has 2 heterocycles. The number of aromatic hydroxyl groups is 1. The number of rotatable bonds is 4. The fourth-order valence-electron chi connectivity index (χ4n) is 3.40. The van der Waals surface area contributed by atoms with Gasteiger partial charge in [0.05, 0.1) is 11.1 Å². The van der Waals surface area contributed by atoms with Crippen molar-refractivity contribution in [3.63, 3.8) is 0 Å². The molecule has 0 saturated heterocycles. The Hall–Kier alpha value is -2.99. The lowest BCUT2D eigenvalue weighted by Gasteiger charge is -2.23. The lowest BCUT2D eigenvalue weighted by Crippen LogP contribution is -2.30. The molecule has 26 heavy (non-hydrogen) atoms. The first-order valence-corrected chi connectivity index (χ1v) is 8.49. The number of hydrogen-bond donors (Lipinski definition) is 1. The van der Waals surface area contributed by atoms with Crippen LogP contribution in [0.4, 0.5) is 5.82 Å². The van der Waals surface area contributed by atoms with Gasteiger partial charge in [-0.1, -0.05) is 0 Å². The summed E-state index contributed by atoms with van der Waals surface area (Å²) < 4.78 is 0. The Labute approximate surface area is 151 Å². The molecule has 1 aromatic carbocycles. The van der Waals surface area contributed by atoms with Crippen molar-refractivity contribution in [2.24, 2.45) is 0 Å². The van der Waals surface area contributed by atoms with Crippen LogP contribution in [0.25, 0.3) is 22.0 Å². The first kappa shape index (κ1) is 16.5. The number of carbonyl (C=O) groups excluding carboxylic acids is 1. The van der Waals surface area contributed by atoms with Gasteiger partial charge in [0.15, 0.2) is 5.78 Å². The number of phenols is 1. The Balaban J connectivity index is 1.99. The molecule has 0 unspecified atom stereocenters. The number of likely N-dealkylation sites (N-methyl/N-ethyl adjacent to an activating group) is 2. The zero-order valence-corrected chi connectivity index (χ0v) is 15.0. The smallest absolute Gasteiger partial charge is 0.199 e. The van der Waals surface area contributed by atoms with Crippen LogP contribution in [0.5, 0.6) is 5.75 Å². The number of carbonyl (C=O) groups is 1. The minimum absolute atomic E-state index is 0.0442. The van der Waals surface area contributed by atoms with Gasteiger partial charge in [-0.2, -0.15) is 0 Å². The summed E-state index contributed by atoms with van der Waals surface area (Å²) in [7, 11) is 5.96. The van der Waals surface area contributed by atoms with Crippen molar-refractivity contribution in [2.75, 3.05) is 39.1 Å². The molecule has 0 aliphatic heterocycles. The topological polar surface area (TPSA) is 69.6 Å². The van der Waals surface area contributed by atoms with Gasteiger partial charge in [0, 0.05) is 55.1 Å². The average molecular weight is 348 g/mol. The molecule has 132 valence electrons. The van der Waals surface area contributed by atoms with Gasteiger partial charge in [-0.15, -0.1) is 0 Å². The van der Waals surface area contributed by atoms with Gasteiger partial charge in [-0.05, 0) is 37.9 Å². The zero-order valence-electron chi connectivity index (χ0n) is 15.0. The molecule has 4 rings (SSSR count). The third-order valence-electron chi connectivity index (χ3n) is 4.76. The van der Waals surface area contributed by atoms with E-state index in [1.165, 1.54) is 0 Å². The van der Waals surface area contributed by atoms with Gasteiger partial charge in [-0.25, -0.2) is 4.98 Å². The second-order valence-corrected chi connectivity index (χ2v) is 6.86. The van der Waals surface area contributed by atoms with Crippen LogP contribution in [-0.4, -0.2) is 60.0 Å². The SMILES string of the molecule is CN(C)CCN(C)c1nc2cc(O)ccc2c2c1C(=O)c1cnccc1-2. The molecule has 1 aliphatic rings. The number of nitrogens with zero attached hydrogens (tertiary/aromatic N) is 4. The normalized spacial score (nSPS) is 12.5. The van der Waals surface area contributed by atoms with Crippen LogP contribution in [0.2, 0.25) is 0 Å². The first-order chi connectivity index (χ1) is 12.5. The van der Waals surface area contributed by atoms with E-state index in [1.807, 2.05) is 38.2 Å². The van der Waals surface area contributed by atoms with Gasteiger partial charge in [0.25, 0.3) is 0 Å². The lowest BCUT2D eigenvalue weighted by molar-refractivity contribution is 0.104. The number of ketones is 1. The predicted molar refractivity (Wildman–Crippen MR) is 102 cm³/mol. The van der Waals surface area contributed by atoms with Crippen molar-refractivity contribution >= 4 is 22.5 Å². The molecule has 0 spiro atoms. The van der Waals surface area contributed by atoms with E-state index in [9.17, 15) is 9.90 Å². The van der Waals surface area contributed by atoms with E-state index < -0.39 is 0 Å². The highest BCUT2D eigenvalue weighted by molar-refractivity contribution is 6.27. The van der Waals surface area contributed by atoms with Crippen molar-refractivity contribution in [3.05, 3.63) is 47.8 Å². The van der Waals surface area contributed by atoms with Crippen LogP contribution in [0, 0.1) is 0 Å². The van der Waals surface area contributed by atoms with Gasteiger partial charge >= 0.3 is 0 Å². The van der Waals surface area contributed by atoms with Crippen LogP contribution in [0.3, 0.4) is 0 Å². The molecule has 1 N–H and O–H groups in total. The molecular weight excluding hydrogens is 328 g/mol. The highest BCUT2D eigenvalue weighted by atomic mass is 16.3. The van der Waals surface area contributed by atoms with Gasteiger partial charge in [-0.3, -0.25) is 9.78 Å². The molecule has 6 heteroatoms. The molecule has 0 amide bonds. The number of anilines is 1. The van der Waals surface area contributed by atoms with Gasteiger partial charge in [0.2, 0.25) is 0 Å². The number of fused-ring (bicyclic) bond motifs is 5. The summed E-state index contributed by atoms with van der Waals surface area (Å²) in [5.74, 6) is 0.754. The van der Waals surface area contributed by atoms with Gasteiger partial charge < -0.3 is 14.9 Å². The number of hydrogen-bond acceptors (Lipinski definition) is 6. The summed E-state index contributed by atoms with van der Waals surface area (Å²) in [6.45, 7) is 1.58. The minimum Gasteiger partial charge on any atom is -0.508 e. The summed E-state index contributed by atoms with van der Waals surface area (Å²) in [6, 6.07) is 6.96. The number of aromatic nitrogens is 2. The van der Waals surface area contributed by atoms with E-state index in [-0.39, 0.29) is 11.5 Å². The molecule has 1 aliphatic carbocycles. The Morgan fingerprint density at radius 1 is 1.04 bits per heavy atom. The summed E-state index contributed by atoms with van der Waals surface area (Å²) in [5, 5.41) is 10.8. The predicted octanol–water partition coefficient (Wildman–Crippen LogP) is 2.54. The van der Waals surface area contributed by atoms with E-state index in [4.69, 9.17) is 4.98 Å². The van der Waals surface area contributed by atoms with Crippen molar-refractivity contribution in [3.8, 4) is 16.9 Å². The fraction of sp³-hybridized carbons (Fsp3) is 0.250. The number of phenolic OH excluding ortho intramolecular Hbond substituents is 1. The molecule has 0 bridgehead atoms. The van der Waals surface area contributed by atoms with E-state index in [1.54, 1.807) is 24.5 Å². The molecule has 0 fully saturated rings. The maximum atomic E-state index is 13.1. The average Bonchev–Trinajstić information content (AvgIpc) is 2.92. The highest BCUT2D eigenvalue weighted by Gasteiger charge is 2.33. The Bertz CT molecular complexity index is 1030. The minimum atomic E-state index is -0.0442. The quantitative estimate of drug-likeness (QED) is 0.611. The Morgan fingerprint density at radius 3 is 2.62 bits per heavy atom. The molecular formula is C20H20N4O2. The Kier molecular flexibility index (Phi) is 3.85. The van der Waals surface area contributed by atoms with E-state index in [2.05, 4.69) is 9.88 Å². The standard InChI is InChI=1S/C20H20N4O2/c1-23(2)8-9-24(3)20-18-17(13-6-7-21-11-15(13)19(18)26)14-5-4-12(25)10-16(14)22-20/h4-7,10-11,25H,8-9H2,1-3H3. The zero-order chi connectivity index (χ0) is 18.4. The van der Waals surface area contributed by atoms with E-state index in [0.717, 1.165) is 29.6 Å². The lowest BCUT2D eigenvalue weighted by atomic mass is 10.0. The molecule has 0 atom stereocenters. The van der Waals surface area contributed by atoms with E-state index >= 15 is 0 Å². The summed E-state index contributed by atoms with van der Waals surface area (Å²) in [6.07, 6.45) is 3.32. The van der Waals surface area contributed by atoms with Crippen LogP contribution in [-0.2, 0) is 0 Å². The fourth-order valence-corrected chi connectivity index (χ4v) is 3.40. The Morgan fingerprint density at radius 2 is 1.85 bits per heavy atom. The third kappa shape index (κ3) is 2.50. The molecule has 0 saturated carbocycles. The number of benzene rings is 1. The van der Waals surface area contributed by atoms with E-state index in [0.29, 0.717) is 22.5 Å². The molecule has 2 aromatic heterocycles. The second-order valence-electron chi connectivity index (χ2n) is 6.86. The monoisotopic (exact) mass is 348 g/mol. The van der Waals surface area contributed by atoms with Crippen LogP contribution in [0.15, 0.2) is 36.7 Å². The third-order valence-corrected chi connectivity index (χ3v) is 4.76. The first-order valence-electron chi connectivity index (χ1n) is 8.49. The molecule has 6 nitrogen and oxygen atoms in total.